The average Bonchev–Trinajstić information content (AvgIpc) is 4.11. The molecule has 5 atom stereocenters. The van der Waals surface area contributed by atoms with E-state index in [0.29, 0.717) is 36.0 Å². The van der Waals surface area contributed by atoms with Gasteiger partial charge in [0.05, 0.1) is 40.4 Å². The minimum Gasteiger partial charge on any atom is -0.474 e. The number of carbonyl (C=O) groups is 4. The Kier molecular flexibility index (Phi) is 15.0. The monoisotopic (exact) mass is 1040 g/mol. The van der Waals surface area contributed by atoms with Crippen molar-refractivity contribution in [2.24, 2.45) is 10.4 Å². The normalized spacial score (nSPS) is 20.2. The quantitative estimate of drug-likeness (QED) is 0.0779. The average molecular weight is 1050 g/mol. The van der Waals surface area contributed by atoms with E-state index in [1.807, 2.05) is 106 Å². The zero-order valence-electron chi connectivity index (χ0n) is 42.2. The fourth-order valence-electron chi connectivity index (χ4n) is 9.68. The molecule has 4 aromatic heterocycles. The van der Waals surface area contributed by atoms with Gasteiger partial charge >= 0.3 is 0 Å². The molecule has 382 valence electrons. The van der Waals surface area contributed by atoms with Gasteiger partial charge in [0.2, 0.25) is 29.5 Å². The number of aliphatic imine (C=N–C) groups is 1. The van der Waals surface area contributed by atoms with Crippen LogP contribution < -0.4 is 20.7 Å². The highest BCUT2D eigenvalue weighted by Crippen LogP contribution is 2.40. The Hall–Kier alpha value is -6.34. The summed E-state index contributed by atoms with van der Waals surface area (Å²) in [6.07, 6.45) is 2.53. The summed E-state index contributed by atoms with van der Waals surface area (Å²) in [7, 11) is 0. The minimum atomic E-state index is -0.946. The van der Waals surface area contributed by atoms with Gasteiger partial charge in [-0.15, -0.1) is 32.9 Å². The molecule has 2 fully saturated rings. The topological polar surface area (TPSA) is 206 Å². The van der Waals surface area contributed by atoms with E-state index < -0.39 is 35.6 Å². The van der Waals surface area contributed by atoms with Crippen molar-refractivity contribution in [3.63, 3.8) is 0 Å². The van der Waals surface area contributed by atoms with Crippen molar-refractivity contribution in [2.45, 2.75) is 136 Å². The van der Waals surface area contributed by atoms with E-state index in [9.17, 15) is 24.3 Å². The summed E-state index contributed by atoms with van der Waals surface area (Å²) in [5.74, 6) is 0.536. The van der Waals surface area contributed by atoms with Gasteiger partial charge < -0.3 is 30.7 Å². The number of aliphatic hydroxyl groups is 1. The lowest BCUT2D eigenvalue weighted by Crippen LogP contribution is -2.57. The summed E-state index contributed by atoms with van der Waals surface area (Å²) in [4.78, 5) is 72.8. The molecule has 2 aromatic carbocycles. The number of pyridine rings is 1. The number of amides is 4. The lowest BCUT2D eigenvalue weighted by molar-refractivity contribution is -0.144. The Balaban J connectivity index is 0.750. The second-order valence-corrected chi connectivity index (χ2v) is 23.0. The predicted molar refractivity (Wildman–Crippen MR) is 282 cm³/mol. The second kappa shape index (κ2) is 21.2. The lowest BCUT2D eigenvalue weighted by Gasteiger charge is -2.35. The number of fused-ring (bicyclic) bond motifs is 3. The molecule has 0 unspecified atom stereocenters. The zero-order valence-corrected chi connectivity index (χ0v) is 44.6. The van der Waals surface area contributed by atoms with Crippen LogP contribution in [0.4, 0.5) is 0 Å². The third-order valence-electron chi connectivity index (χ3n) is 14.0. The first-order chi connectivity index (χ1) is 34.8. The van der Waals surface area contributed by atoms with Gasteiger partial charge in [-0.3, -0.25) is 28.7 Å². The van der Waals surface area contributed by atoms with Crippen LogP contribution >= 0.6 is 34.3 Å². The molecule has 16 nitrogen and oxygen atoms in total. The molecule has 6 aromatic rings. The van der Waals surface area contributed by atoms with E-state index in [-0.39, 0.29) is 61.7 Å². The van der Waals surface area contributed by atoms with Crippen LogP contribution in [0.1, 0.15) is 122 Å². The van der Waals surface area contributed by atoms with Gasteiger partial charge in [0.25, 0.3) is 0 Å². The maximum absolute atomic E-state index is 14.2. The number of aryl methyl sites for hydroxylation is 4. The first-order valence-electron chi connectivity index (χ1n) is 24.7. The molecule has 3 aliphatic rings. The number of likely N-dealkylation sites (tertiary alicyclic amines) is 1. The molecule has 0 bridgehead atoms. The fourth-order valence-corrected chi connectivity index (χ4v) is 11.8. The number of nitrogens with zero attached hydrogens (tertiary/aromatic N) is 7. The van der Waals surface area contributed by atoms with Crippen LogP contribution in [0.2, 0.25) is 5.02 Å². The maximum atomic E-state index is 14.2. The van der Waals surface area contributed by atoms with Crippen LogP contribution in [0.25, 0.3) is 15.4 Å². The standard InChI is InChI=1S/C54H61ClN10O6S2/c1-28-31(4)73-53-46(28)47(35-15-17-37(55)18-16-35)60-41(50-63-62-32(5)65(50)53)24-44(68)59-38-21-40(22-38)71-45-20-10-33(25-56-45)9-19-43(67)61-49(54(6,7)8)52(70)64-26-39(66)23-42(64)51(69)58-29(2)34-11-13-36(14-12-34)48-30(3)57-27-72-48/h10-18,20,25,27,29,38-42,49,66H,9,19,21-24,26H2,1-8H3,(H,58,69)(H,59,68)(H,61,67)/t29-,38-,39+,40-,41-,42-,49+/m0/s1. The molecule has 0 spiro atoms. The Morgan fingerprint density at radius 1 is 0.904 bits per heavy atom. The number of halogens is 1. The molecule has 0 radical (unpaired) electrons. The molecule has 19 heteroatoms. The summed E-state index contributed by atoms with van der Waals surface area (Å²) < 4.78 is 8.19. The van der Waals surface area contributed by atoms with Crippen LogP contribution in [0, 0.1) is 33.1 Å². The maximum Gasteiger partial charge on any atom is 0.246 e. The van der Waals surface area contributed by atoms with E-state index in [1.165, 1.54) is 9.78 Å². The van der Waals surface area contributed by atoms with Crippen LogP contribution in [0.15, 0.2) is 77.4 Å². The molecule has 2 aliphatic heterocycles. The highest BCUT2D eigenvalue weighted by molar-refractivity contribution is 7.15. The molecule has 9 rings (SSSR count). The number of rotatable bonds is 15. The van der Waals surface area contributed by atoms with Gasteiger partial charge in [-0.25, -0.2) is 9.97 Å². The number of aliphatic hydroxyl groups excluding tert-OH is 1. The highest BCUT2D eigenvalue weighted by Gasteiger charge is 2.45. The van der Waals surface area contributed by atoms with Crippen LogP contribution in [-0.2, 0) is 25.6 Å². The van der Waals surface area contributed by atoms with Crippen molar-refractivity contribution in [3.05, 3.63) is 127 Å². The number of thiophene rings is 1. The molecule has 73 heavy (non-hydrogen) atoms. The number of ether oxygens (including phenoxy) is 1. The number of nitrogens with one attached hydrogen (secondary N) is 3. The molecule has 1 saturated heterocycles. The number of benzene rings is 2. The fraction of sp³-hybridized carbons (Fsp3) is 0.426. The van der Waals surface area contributed by atoms with E-state index in [2.05, 4.69) is 50.0 Å². The van der Waals surface area contributed by atoms with Crippen molar-refractivity contribution in [3.8, 4) is 21.3 Å². The van der Waals surface area contributed by atoms with Crippen molar-refractivity contribution in [2.75, 3.05) is 6.54 Å². The van der Waals surface area contributed by atoms with E-state index in [1.54, 1.807) is 34.9 Å². The largest absolute Gasteiger partial charge is 0.474 e. The molecular weight excluding hydrogens is 984 g/mol. The summed E-state index contributed by atoms with van der Waals surface area (Å²) in [6.45, 7) is 15.5. The Morgan fingerprint density at radius 2 is 1.63 bits per heavy atom. The van der Waals surface area contributed by atoms with E-state index in [0.717, 1.165) is 60.5 Å². The van der Waals surface area contributed by atoms with Gasteiger partial charge in [0.1, 0.15) is 35.1 Å². The summed E-state index contributed by atoms with van der Waals surface area (Å²) in [5.41, 5.74) is 8.67. The minimum absolute atomic E-state index is 0.0158. The number of hydrogen-bond acceptors (Lipinski definition) is 13. The first-order valence-corrected chi connectivity index (χ1v) is 26.7. The number of aromatic nitrogens is 5. The number of thiazole rings is 1. The zero-order chi connectivity index (χ0) is 51.9. The number of hydrogen-bond donors (Lipinski definition) is 4. The van der Waals surface area contributed by atoms with Gasteiger partial charge in [-0.2, -0.15) is 0 Å². The molecule has 6 heterocycles. The Labute approximate surface area is 438 Å². The van der Waals surface area contributed by atoms with E-state index >= 15 is 0 Å². The summed E-state index contributed by atoms with van der Waals surface area (Å²) in [5, 5.41) is 30.4. The van der Waals surface area contributed by atoms with Gasteiger partial charge in [0.15, 0.2) is 5.82 Å². The summed E-state index contributed by atoms with van der Waals surface area (Å²) in [6, 6.07) is 16.3. The van der Waals surface area contributed by atoms with Crippen molar-refractivity contribution in [1.82, 2.24) is 45.6 Å². The molecule has 1 aliphatic carbocycles. The SMILES string of the molecule is Cc1ncsc1-c1ccc([C@H](C)NC(=O)[C@@H]2C[C@@H](O)CN2C(=O)[C@@H](NC(=O)CCc2ccc(O[C@H]3C[C@H](NC(=O)C[C@@H]4N=C(c5ccc(Cl)cc5)c5c(sc(C)c5C)-n5c(C)nnc54)C3)nc2)C(C)(C)C)cc1. The lowest BCUT2D eigenvalue weighted by atomic mass is 9.85. The second-order valence-electron chi connectivity index (χ2n) is 20.5. The van der Waals surface area contributed by atoms with Gasteiger partial charge in [-0.1, -0.05) is 74.8 Å². The third-order valence-corrected chi connectivity index (χ3v) is 16.4. The third kappa shape index (κ3) is 11.3. The first kappa shape index (κ1) is 51.6. The summed E-state index contributed by atoms with van der Waals surface area (Å²) >= 11 is 9.51. The van der Waals surface area contributed by atoms with Gasteiger partial charge in [0, 0.05) is 71.6 Å². The van der Waals surface area contributed by atoms with Crippen LogP contribution in [-0.4, -0.2) is 101 Å². The molecule has 4 amide bonds. The van der Waals surface area contributed by atoms with Crippen molar-refractivity contribution >= 4 is 63.6 Å². The van der Waals surface area contributed by atoms with Crippen LogP contribution in [0.5, 0.6) is 5.88 Å². The molecular formula is C54H61ClN10O6S2. The van der Waals surface area contributed by atoms with E-state index in [4.69, 9.17) is 21.3 Å². The van der Waals surface area contributed by atoms with Crippen molar-refractivity contribution < 1.29 is 29.0 Å². The number of carbonyl (C=O) groups excluding carboxylic acids is 4. The Morgan fingerprint density at radius 3 is 2.30 bits per heavy atom. The molecule has 4 N–H and O–H groups in total. The van der Waals surface area contributed by atoms with Crippen molar-refractivity contribution in [1.29, 1.82) is 0 Å². The predicted octanol–water partition coefficient (Wildman–Crippen LogP) is 8.05. The Bertz CT molecular complexity index is 3050. The smallest absolute Gasteiger partial charge is 0.246 e. The van der Waals surface area contributed by atoms with Crippen LogP contribution in [0.3, 0.4) is 0 Å². The number of β-amino-alcohol motifs (C(OH)–C–C–N with tert-alkyl or cyclic N) is 1. The van der Waals surface area contributed by atoms with Gasteiger partial charge in [-0.05, 0) is 80.8 Å². The highest BCUT2D eigenvalue weighted by atomic mass is 35.5. The molecule has 1 saturated carbocycles.